The number of nitrogens with one attached hydrogen (secondary N) is 1. The van der Waals surface area contributed by atoms with Crippen molar-refractivity contribution in [1.29, 1.82) is 0 Å². The van der Waals surface area contributed by atoms with Crippen LogP contribution in [0.1, 0.15) is 47.1 Å². The Bertz CT molecular complexity index is 1130. The minimum absolute atomic E-state index is 0.477. The normalized spacial score (nSPS) is 12.0. The first-order valence-corrected chi connectivity index (χ1v) is 10.3. The van der Waals surface area contributed by atoms with Crippen LogP contribution in [0.4, 0.5) is 15.3 Å². The monoisotopic (exact) mass is 422 g/mol. The maximum Gasteiger partial charge on any atom is 0.419 e. The van der Waals surface area contributed by atoms with Crippen LogP contribution in [0.5, 0.6) is 0 Å². The van der Waals surface area contributed by atoms with Crippen molar-refractivity contribution in [3.63, 3.8) is 0 Å². The second kappa shape index (κ2) is 8.10. The van der Waals surface area contributed by atoms with Gasteiger partial charge < -0.3 is 9.47 Å². The number of hydrogen-bond donors (Lipinski definition) is 1. The third kappa shape index (κ3) is 5.45. The van der Waals surface area contributed by atoms with Gasteiger partial charge in [-0.15, -0.1) is 0 Å². The van der Waals surface area contributed by atoms with Crippen LogP contribution in [-0.2, 0) is 9.47 Å². The van der Waals surface area contributed by atoms with Crippen LogP contribution in [0.3, 0.4) is 0 Å². The van der Waals surface area contributed by atoms with Crippen molar-refractivity contribution in [2.45, 2.75) is 59.7 Å². The van der Waals surface area contributed by atoms with Gasteiger partial charge in [-0.2, -0.15) is 0 Å². The van der Waals surface area contributed by atoms with E-state index in [1.165, 1.54) is 0 Å². The Morgan fingerprint density at radius 1 is 0.871 bits per heavy atom. The Morgan fingerprint density at radius 3 is 2.13 bits per heavy atom. The number of anilines is 1. The fourth-order valence-corrected chi connectivity index (χ4v) is 3.26. The van der Waals surface area contributed by atoms with Gasteiger partial charge in [0.15, 0.2) is 0 Å². The molecule has 0 saturated heterocycles. The highest BCUT2D eigenvalue weighted by molar-refractivity contribution is 5.99. The molecule has 3 rings (SSSR count). The summed E-state index contributed by atoms with van der Waals surface area (Å²) >= 11 is 0. The van der Waals surface area contributed by atoms with Crippen molar-refractivity contribution in [1.82, 2.24) is 4.57 Å². The number of ether oxygens (including phenoxy) is 2. The Hall–Kier alpha value is -3.28. The summed E-state index contributed by atoms with van der Waals surface area (Å²) < 4.78 is 12.6. The Morgan fingerprint density at radius 2 is 1.52 bits per heavy atom. The number of hydrogen-bond acceptors (Lipinski definition) is 4. The van der Waals surface area contributed by atoms with Crippen LogP contribution >= 0.6 is 0 Å². The number of carbonyl (C=O) groups is 2. The maximum atomic E-state index is 13.2. The SMILES string of the molecule is Cc1ccccc1-c1cc2ccc(NC(=O)OC(C)(C)C)cc2n1C(=O)OC(C)(C)C. The lowest BCUT2D eigenvalue weighted by Crippen LogP contribution is -2.28. The molecule has 0 aliphatic carbocycles. The quantitative estimate of drug-likeness (QED) is 0.496. The van der Waals surface area contributed by atoms with E-state index in [4.69, 9.17) is 9.47 Å². The van der Waals surface area contributed by atoms with Crippen LogP contribution in [0.25, 0.3) is 22.2 Å². The molecule has 0 atom stereocenters. The Kier molecular flexibility index (Phi) is 5.85. The van der Waals surface area contributed by atoms with Crippen molar-refractivity contribution in [2.24, 2.45) is 0 Å². The zero-order valence-corrected chi connectivity index (χ0v) is 19.2. The molecular weight excluding hydrogens is 392 g/mol. The summed E-state index contributed by atoms with van der Waals surface area (Å²) in [6.07, 6.45) is -1.03. The zero-order chi connectivity index (χ0) is 23.0. The molecule has 6 nitrogen and oxygen atoms in total. The Labute approximate surface area is 183 Å². The maximum absolute atomic E-state index is 13.2. The molecule has 0 fully saturated rings. The highest BCUT2D eigenvalue weighted by atomic mass is 16.6. The summed E-state index contributed by atoms with van der Waals surface area (Å²) in [6, 6.07) is 15.2. The lowest BCUT2D eigenvalue weighted by atomic mass is 10.1. The average molecular weight is 423 g/mol. The molecule has 1 amide bonds. The summed E-state index contributed by atoms with van der Waals surface area (Å²) in [5.74, 6) is 0. The van der Waals surface area contributed by atoms with Crippen LogP contribution in [0.2, 0.25) is 0 Å². The highest BCUT2D eigenvalue weighted by Gasteiger charge is 2.24. The van der Waals surface area contributed by atoms with Gasteiger partial charge in [-0.05, 0) is 72.2 Å². The predicted octanol–water partition coefficient (Wildman–Crippen LogP) is 6.75. The molecule has 164 valence electrons. The van der Waals surface area contributed by atoms with E-state index in [1.54, 1.807) is 37.5 Å². The van der Waals surface area contributed by atoms with E-state index in [0.717, 1.165) is 22.2 Å². The molecule has 0 unspecified atom stereocenters. The summed E-state index contributed by atoms with van der Waals surface area (Å²) in [5, 5.41) is 3.60. The van der Waals surface area contributed by atoms with Gasteiger partial charge in [0.1, 0.15) is 11.2 Å². The summed E-state index contributed by atoms with van der Waals surface area (Å²) in [6.45, 7) is 12.9. The first-order chi connectivity index (χ1) is 14.3. The van der Waals surface area contributed by atoms with E-state index in [-0.39, 0.29) is 0 Å². The van der Waals surface area contributed by atoms with Gasteiger partial charge in [-0.1, -0.05) is 30.3 Å². The van der Waals surface area contributed by atoms with E-state index in [0.29, 0.717) is 11.2 Å². The van der Waals surface area contributed by atoms with Crippen LogP contribution in [-0.4, -0.2) is 28.0 Å². The van der Waals surface area contributed by atoms with Crippen LogP contribution in [0.15, 0.2) is 48.5 Å². The van der Waals surface area contributed by atoms with Crippen molar-refractivity contribution >= 4 is 28.8 Å². The minimum Gasteiger partial charge on any atom is -0.444 e. The van der Waals surface area contributed by atoms with E-state index in [1.807, 2.05) is 64.1 Å². The summed E-state index contributed by atoms with van der Waals surface area (Å²) in [5.41, 5.74) is 2.62. The summed E-state index contributed by atoms with van der Waals surface area (Å²) in [7, 11) is 0. The molecule has 0 spiro atoms. The van der Waals surface area contributed by atoms with Crippen LogP contribution < -0.4 is 5.32 Å². The molecule has 0 saturated carbocycles. The third-order valence-corrected chi connectivity index (χ3v) is 4.45. The van der Waals surface area contributed by atoms with E-state index in [9.17, 15) is 9.59 Å². The third-order valence-electron chi connectivity index (χ3n) is 4.45. The number of aryl methyl sites for hydroxylation is 1. The fraction of sp³-hybridized carbons (Fsp3) is 0.360. The number of fused-ring (bicyclic) bond motifs is 1. The first-order valence-electron chi connectivity index (χ1n) is 10.3. The van der Waals surface area contributed by atoms with E-state index in [2.05, 4.69) is 5.32 Å². The molecule has 0 aliphatic rings. The molecule has 1 N–H and O–H groups in total. The predicted molar refractivity (Wildman–Crippen MR) is 124 cm³/mol. The number of amides is 1. The molecule has 0 bridgehead atoms. The van der Waals surface area contributed by atoms with Crippen molar-refractivity contribution in [3.8, 4) is 11.3 Å². The van der Waals surface area contributed by atoms with E-state index >= 15 is 0 Å². The largest absolute Gasteiger partial charge is 0.444 e. The molecule has 2 aromatic carbocycles. The summed E-state index contributed by atoms with van der Waals surface area (Å²) in [4.78, 5) is 25.4. The fourth-order valence-electron chi connectivity index (χ4n) is 3.26. The van der Waals surface area contributed by atoms with Gasteiger partial charge in [-0.25, -0.2) is 14.2 Å². The number of nitrogens with zero attached hydrogens (tertiary/aromatic N) is 1. The van der Waals surface area contributed by atoms with Crippen LogP contribution in [0, 0.1) is 6.92 Å². The minimum atomic E-state index is -0.650. The number of aromatic nitrogens is 1. The van der Waals surface area contributed by atoms with Crippen molar-refractivity contribution in [3.05, 3.63) is 54.1 Å². The zero-order valence-electron chi connectivity index (χ0n) is 19.2. The lowest BCUT2D eigenvalue weighted by molar-refractivity contribution is 0.0546. The molecule has 3 aromatic rings. The standard InChI is InChI=1S/C25H30N2O4/c1-16-10-8-9-11-19(16)21-14-17-12-13-18(26-22(28)30-24(2,3)4)15-20(17)27(21)23(29)31-25(5,6)7/h8-15H,1-7H3,(H,26,28). The van der Waals surface area contributed by atoms with Gasteiger partial charge in [0.05, 0.1) is 11.2 Å². The van der Waals surface area contributed by atoms with Crippen molar-refractivity contribution in [2.75, 3.05) is 5.32 Å². The molecule has 31 heavy (non-hydrogen) atoms. The topological polar surface area (TPSA) is 69.6 Å². The average Bonchev–Trinajstić information content (AvgIpc) is 2.97. The molecule has 0 aliphatic heterocycles. The van der Waals surface area contributed by atoms with E-state index < -0.39 is 23.4 Å². The smallest absolute Gasteiger partial charge is 0.419 e. The lowest BCUT2D eigenvalue weighted by Gasteiger charge is -2.21. The molecule has 0 radical (unpaired) electrons. The second-order valence-corrected chi connectivity index (χ2v) is 9.56. The van der Waals surface area contributed by atoms with Crippen molar-refractivity contribution < 1.29 is 19.1 Å². The molecule has 1 heterocycles. The van der Waals surface area contributed by atoms with Gasteiger partial charge in [0.2, 0.25) is 0 Å². The van der Waals surface area contributed by atoms with Gasteiger partial charge in [0.25, 0.3) is 0 Å². The second-order valence-electron chi connectivity index (χ2n) is 9.56. The number of benzene rings is 2. The Balaban J connectivity index is 2.12. The molecule has 6 heteroatoms. The van der Waals surface area contributed by atoms with Gasteiger partial charge >= 0.3 is 12.2 Å². The van der Waals surface area contributed by atoms with Gasteiger partial charge in [0, 0.05) is 16.6 Å². The molecule has 1 aromatic heterocycles. The van der Waals surface area contributed by atoms with Gasteiger partial charge in [-0.3, -0.25) is 5.32 Å². The first kappa shape index (κ1) is 22.4. The molecular formula is C25H30N2O4. The number of rotatable bonds is 2. The highest BCUT2D eigenvalue weighted by Crippen LogP contribution is 2.32. The number of carbonyl (C=O) groups excluding carboxylic acids is 2.